The molecule has 0 saturated heterocycles. The highest BCUT2D eigenvalue weighted by atomic mass is 35.5. The molecule has 4 rings (SSSR count). The molecule has 1 aliphatic heterocycles. The van der Waals surface area contributed by atoms with E-state index in [0.29, 0.717) is 29.3 Å². The molecular formula is C16H13ClFN5O. The normalized spacial score (nSPS) is 14.1. The predicted octanol–water partition coefficient (Wildman–Crippen LogP) is 2.57. The minimum absolute atomic E-state index is 0.233. The van der Waals surface area contributed by atoms with Gasteiger partial charge in [0.25, 0.3) is 5.91 Å². The Kier molecular flexibility index (Phi) is 3.38. The van der Waals surface area contributed by atoms with Gasteiger partial charge in [-0.15, -0.1) is 0 Å². The fraction of sp³-hybridized carbons (Fsp3) is 0.188. The Hall–Kier alpha value is -2.67. The van der Waals surface area contributed by atoms with Crippen LogP contribution < -0.4 is 5.01 Å². The number of nitrogens with zero attached hydrogens (tertiary/aromatic N) is 5. The van der Waals surface area contributed by atoms with Crippen LogP contribution in [0.3, 0.4) is 0 Å². The van der Waals surface area contributed by atoms with E-state index in [2.05, 4.69) is 10.1 Å². The minimum Gasteiger partial charge on any atom is -0.283 e. The third-order valence-corrected chi connectivity index (χ3v) is 4.28. The zero-order valence-electron chi connectivity index (χ0n) is 12.8. The molecule has 8 heteroatoms. The average molecular weight is 346 g/mol. The van der Waals surface area contributed by atoms with E-state index in [0.717, 1.165) is 5.56 Å². The van der Waals surface area contributed by atoms with Crippen molar-refractivity contribution >= 4 is 28.8 Å². The van der Waals surface area contributed by atoms with Crippen LogP contribution in [0.15, 0.2) is 36.7 Å². The largest absolute Gasteiger partial charge is 0.292 e. The maximum Gasteiger partial charge on any atom is 0.292 e. The van der Waals surface area contributed by atoms with E-state index >= 15 is 0 Å². The monoisotopic (exact) mass is 345 g/mol. The molecule has 6 nitrogen and oxygen atoms in total. The average Bonchev–Trinajstić information content (AvgIpc) is 2.97. The molecule has 0 spiro atoms. The van der Waals surface area contributed by atoms with Gasteiger partial charge < -0.3 is 0 Å². The van der Waals surface area contributed by atoms with Crippen LogP contribution in [0.5, 0.6) is 0 Å². The molecule has 0 fully saturated rings. The molecule has 122 valence electrons. The molecule has 3 aromatic rings. The summed E-state index contributed by atoms with van der Waals surface area (Å²) in [5.74, 6) is -0.663. The van der Waals surface area contributed by atoms with Crippen molar-refractivity contribution in [3.8, 4) is 0 Å². The number of amides is 1. The predicted molar refractivity (Wildman–Crippen MR) is 87.5 cm³/mol. The number of fused-ring (bicyclic) bond motifs is 2. The van der Waals surface area contributed by atoms with Gasteiger partial charge in [0.1, 0.15) is 5.82 Å². The van der Waals surface area contributed by atoms with E-state index in [1.165, 1.54) is 21.8 Å². The summed E-state index contributed by atoms with van der Waals surface area (Å²) in [4.78, 5) is 16.9. The summed E-state index contributed by atoms with van der Waals surface area (Å²) >= 11 is 5.88. The standard InChI is InChI=1S/C16H13ClFN5O/c1-21-15-10(3-2-4-12(15)18)5-6-23(21)16(24)13-7-14-19-8-11(17)9-22(14)20-13/h2-4,7-9H,5-6H2,1H3. The van der Waals surface area contributed by atoms with Crippen molar-refractivity contribution in [3.63, 3.8) is 0 Å². The highest BCUT2D eigenvalue weighted by Gasteiger charge is 2.29. The molecule has 0 atom stereocenters. The molecule has 1 aromatic carbocycles. The molecule has 2 aromatic heterocycles. The summed E-state index contributed by atoms with van der Waals surface area (Å²) in [5, 5.41) is 7.67. The fourth-order valence-corrected chi connectivity index (χ4v) is 3.09. The Bertz CT molecular complexity index is 957. The van der Waals surface area contributed by atoms with Crippen LogP contribution in [-0.2, 0) is 6.42 Å². The molecule has 3 heterocycles. The number of hydrogen-bond acceptors (Lipinski definition) is 4. The van der Waals surface area contributed by atoms with E-state index in [1.807, 2.05) is 6.07 Å². The Morgan fingerprint density at radius 3 is 3.04 bits per heavy atom. The van der Waals surface area contributed by atoms with Crippen molar-refractivity contribution in [1.82, 2.24) is 19.6 Å². The van der Waals surface area contributed by atoms with Crippen LogP contribution >= 0.6 is 11.6 Å². The van der Waals surface area contributed by atoms with Gasteiger partial charge in [-0.3, -0.25) is 9.80 Å². The number of hydrazine groups is 1. The van der Waals surface area contributed by atoms with Crippen molar-refractivity contribution in [1.29, 1.82) is 0 Å². The topological polar surface area (TPSA) is 53.7 Å². The summed E-state index contributed by atoms with van der Waals surface area (Å²) < 4.78 is 15.6. The first kappa shape index (κ1) is 14.9. The number of carbonyl (C=O) groups excluding carboxylic acids is 1. The van der Waals surface area contributed by atoms with E-state index in [1.54, 1.807) is 30.4 Å². The first-order valence-electron chi connectivity index (χ1n) is 7.38. The summed E-state index contributed by atoms with van der Waals surface area (Å²) in [5.41, 5.74) is 2.05. The van der Waals surface area contributed by atoms with Crippen LogP contribution in [0.2, 0.25) is 5.02 Å². The zero-order valence-corrected chi connectivity index (χ0v) is 13.5. The summed E-state index contributed by atoms with van der Waals surface area (Å²) in [6.07, 6.45) is 3.65. The first-order chi connectivity index (χ1) is 11.5. The maximum absolute atomic E-state index is 14.1. The van der Waals surface area contributed by atoms with Gasteiger partial charge in [-0.1, -0.05) is 23.7 Å². The molecule has 1 amide bonds. The number of aromatic nitrogens is 3. The van der Waals surface area contributed by atoms with Gasteiger partial charge in [0.15, 0.2) is 11.3 Å². The smallest absolute Gasteiger partial charge is 0.283 e. The van der Waals surface area contributed by atoms with Crippen molar-refractivity contribution in [2.24, 2.45) is 0 Å². The Balaban J connectivity index is 1.70. The highest BCUT2D eigenvalue weighted by Crippen LogP contribution is 2.30. The number of carbonyl (C=O) groups is 1. The molecule has 0 radical (unpaired) electrons. The third-order valence-electron chi connectivity index (χ3n) is 4.08. The fourth-order valence-electron chi connectivity index (χ4n) is 2.95. The van der Waals surface area contributed by atoms with Gasteiger partial charge in [0.05, 0.1) is 16.9 Å². The SMILES string of the molecule is CN1c2c(F)cccc2CCN1C(=O)c1cc2ncc(Cl)cn2n1. The number of halogens is 2. The second-order valence-corrected chi connectivity index (χ2v) is 5.99. The van der Waals surface area contributed by atoms with Gasteiger partial charge >= 0.3 is 0 Å². The minimum atomic E-state index is -0.351. The second kappa shape index (κ2) is 5.45. The number of hydrogen-bond donors (Lipinski definition) is 0. The Morgan fingerprint density at radius 1 is 1.38 bits per heavy atom. The number of rotatable bonds is 1. The zero-order chi connectivity index (χ0) is 16.8. The van der Waals surface area contributed by atoms with E-state index < -0.39 is 0 Å². The lowest BCUT2D eigenvalue weighted by molar-refractivity contribution is 0.0731. The van der Waals surface area contributed by atoms with E-state index in [9.17, 15) is 9.18 Å². The summed E-state index contributed by atoms with van der Waals surface area (Å²) in [6.45, 7) is 0.452. The maximum atomic E-state index is 14.1. The van der Waals surface area contributed by atoms with Crippen LogP contribution in [0.4, 0.5) is 10.1 Å². The van der Waals surface area contributed by atoms with Crippen molar-refractivity contribution < 1.29 is 9.18 Å². The van der Waals surface area contributed by atoms with Gasteiger partial charge in [-0.2, -0.15) is 5.10 Å². The van der Waals surface area contributed by atoms with Crippen LogP contribution in [0, 0.1) is 5.82 Å². The van der Waals surface area contributed by atoms with Crippen LogP contribution in [0.25, 0.3) is 5.65 Å². The summed E-state index contributed by atoms with van der Waals surface area (Å²) in [6, 6.07) is 6.52. The lowest BCUT2D eigenvalue weighted by atomic mass is 10.1. The van der Waals surface area contributed by atoms with E-state index in [4.69, 9.17) is 11.6 Å². The number of para-hydroxylation sites is 1. The van der Waals surface area contributed by atoms with Crippen molar-refractivity contribution in [2.75, 3.05) is 18.6 Å². The molecule has 24 heavy (non-hydrogen) atoms. The van der Waals surface area contributed by atoms with Gasteiger partial charge in [-0.25, -0.2) is 18.9 Å². The highest BCUT2D eigenvalue weighted by molar-refractivity contribution is 6.30. The molecule has 0 unspecified atom stereocenters. The quantitative estimate of drug-likeness (QED) is 0.680. The van der Waals surface area contributed by atoms with Crippen molar-refractivity contribution in [3.05, 3.63) is 58.8 Å². The molecule has 1 aliphatic rings. The molecule has 0 bridgehead atoms. The Labute approximate surface area is 142 Å². The molecule has 0 saturated carbocycles. The third kappa shape index (κ3) is 2.28. The number of benzene rings is 1. The van der Waals surface area contributed by atoms with Gasteiger partial charge in [-0.05, 0) is 18.1 Å². The van der Waals surface area contributed by atoms with Crippen molar-refractivity contribution in [2.45, 2.75) is 6.42 Å². The Morgan fingerprint density at radius 2 is 2.21 bits per heavy atom. The van der Waals surface area contributed by atoms with Crippen LogP contribution in [-0.4, -0.2) is 39.1 Å². The summed E-state index contributed by atoms with van der Waals surface area (Å²) in [7, 11) is 1.67. The lowest BCUT2D eigenvalue weighted by Crippen LogP contribution is -2.49. The van der Waals surface area contributed by atoms with Gasteiger partial charge in [0.2, 0.25) is 0 Å². The number of anilines is 1. The molecule has 0 aliphatic carbocycles. The van der Waals surface area contributed by atoms with Gasteiger partial charge in [0, 0.05) is 25.9 Å². The molecular weight excluding hydrogens is 333 g/mol. The second-order valence-electron chi connectivity index (χ2n) is 5.55. The van der Waals surface area contributed by atoms with Crippen LogP contribution in [0.1, 0.15) is 16.1 Å². The molecule has 0 N–H and O–H groups in total. The van der Waals surface area contributed by atoms with E-state index in [-0.39, 0.29) is 17.4 Å². The lowest BCUT2D eigenvalue weighted by Gasteiger charge is -2.38. The first-order valence-corrected chi connectivity index (χ1v) is 7.76.